The maximum Gasteiger partial charge on any atom is 0.246 e. The molecule has 2 heterocycles. The highest BCUT2D eigenvalue weighted by molar-refractivity contribution is 7.89. The Kier molecular flexibility index (Phi) is 3.07. The van der Waals surface area contributed by atoms with E-state index in [0.29, 0.717) is 31.0 Å². The van der Waals surface area contributed by atoms with Crippen LogP contribution in [-0.2, 0) is 10.0 Å². The van der Waals surface area contributed by atoms with Gasteiger partial charge in [0, 0.05) is 19.2 Å². The van der Waals surface area contributed by atoms with E-state index in [1.54, 1.807) is 0 Å². The molecule has 1 N–H and O–H groups in total. The molecule has 3 rings (SSSR count). The summed E-state index contributed by atoms with van der Waals surface area (Å²) in [5, 5.41) is 3.21. The topological polar surface area (TPSA) is 49.4 Å². The zero-order chi connectivity index (χ0) is 13.6. The first-order chi connectivity index (χ1) is 8.98. The van der Waals surface area contributed by atoms with Gasteiger partial charge in [-0.3, -0.25) is 0 Å². The van der Waals surface area contributed by atoms with Crippen molar-refractivity contribution in [2.45, 2.75) is 4.90 Å². The van der Waals surface area contributed by atoms with Crippen molar-refractivity contribution in [1.82, 2.24) is 9.62 Å². The smallest absolute Gasteiger partial charge is 0.246 e. The minimum Gasteiger partial charge on any atom is -0.316 e. The van der Waals surface area contributed by atoms with E-state index in [1.165, 1.54) is 4.31 Å². The monoisotopic (exact) mass is 288 g/mol. The highest BCUT2D eigenvalue weighted by Gasteiger charge is 2.42. The van der Waals surface area contributed by atoms with Gasteiger partial charge in [-0.05, 0) is 37.1 Å². The lowest BCUT2D eigenvalue weighted by Gasteiger charge is -2.17. The van der Waals surface area contributed by atoms with Gasteiger partial charge in [-0.15, -0.1) is 0 Å². The number of halogens is 2. The molecule has 2 aliphatic heterocycles. The lowest BCUT2D eigenvalue weighted by molar-refractivity contribution is 0.442. The van der Waals surface area contributed by atoms with Crippen LogP contribution in [0.2, 0.25) is 0 Å². The summed E-state index contributed by atoms with van der Waals surface area (Å²) in [5.41, 5.74) is 0. The Bertz CT molecular complexity index is 594. The number of nitrogens with one attached hydrogen (secondary N) is 1. The summed E-state index contributed by atoms with van der Waals surface area (Å²) >= 11 is 0. The van der Waals surface area contributed by atoms with Gasteiger partial charge in [0.05, 0.1) is 0 Å². The van der Waals surface area contributed by atoms with Gasteiger partial charge in [0.2, 0.25) is 10.0 Å². The van der Waals surface area contributed by atoms with E-state index in [9.17, 15) is 17.2 Å². The van der Waals surface area contributed by atoms with Gasteiger partial charge in [-0.25, -0.2) is 17.2 Å². The first-order valence-corrected chi connectivity index (χ1v) is 7.58. The predicted octanol–water partition coefficient (Wildman–Crippen LogP) is 0.805. The summed E-state index contributed by atoms with van der Waals surface area (Å²) < 4.78 is 52.5. The van der Waals surface area contributed by atoms with Crippen LogP contribution >= 0.6 is 0 Å². The number of hydrogen-bond donors (Lipinski definition) is 1. The van der Waals surface area contributed by atoms with Crippen molar-refractivity contribution in [3.8, 4) is 0 Å². The van der Waals surface area contributed by atoms with Crippen molar-refractivity contribution in [3.05, 3.63) is 29.8 Å². The van der Waals surface area contributed by atoms with Gasteiger partial charge in [-0.1, -0.05) is 0 Å². The van der Waals surface area contributed by atoms with Crippen molar-refractivity contribution in [2.24, 2.45) is 11.8 Å². The molecule has 0 aliphatic carbocycles. The molecule has 0 amide bonds. The van der Waals surface area contributed by atoms with Crippen LogP contribution in [0.1, 0.15) is 0 Å². The van der Waals surface area contributed by atoms with Crippen LogP contribution < -0.4 is 5.32 Å². The average Bonchev–Trinajstić information content (AvgIpc) is 2.87. The number of nitrogens with zero attached hydrogens (tertiary/aromatic N) is 1. The Morgan fingerprint density at radius 3 is 2.37 bits per heavy atom. The largest absolute Gasteiger partial charge is 0.316 e. The van der Waals surface area contributed by atoms with Crippen LogP contribution in [0, 0.1) is 23.5 Å². The van der Waals surface area contributed by atoms with E-state index in [-0.39, 0.29) is 0 Å². The molecular weight excluding hydrogens is 274 g/mol. The fraction of sp³-hybridized carbons (Fsp3) is 0.500. The molecule has 7 heteroatoms. The quantitative estimate of drug-likeness (QED) is 0.876. The second-order valence-electron chi connectivity index (χ2n) is 5.08. The molecular formula is C12H14F2N2O2S. The zero-order valence-electron chi connectivity index (χ0n) is 10.1. The molecule has 0 saturated carbocycles. The summed E-state index contributed by atoms with van der Waals surface area (Å²) in [7, 11) is -3.86. The van der Waals surface area contributed by atoms with E-state index in [4.69, 9.17) is 0 Å². The highest BCUT2D eigenvalue weighted by Crippen LogP contribution is 2.31. The van der Waals surface area contributed by atoms with Crippen molar-refractivity contribution in [1.29, 1.82) is 0 Å². The van der Waals surface area contributed by atoms with Crippen molar-refractivity contribution >= 4 is 10.0 Å². The van der Waals surface area contributed by atoms with Gasteiger partial charge in [0.1, 0.15) is 16.5 Å². The number of rotatable bonds is 2. The third kappa shape index (κ3) is 2.15. The van der Waals surface area contributed by atoms with Crippen molar-refractivity contribution < 1.29 is 17.2 Å². The Morgan fingerprint density at radius 1 is 1.16 bits per heavy atom. The molecule has 2 saturated heterocycles. The van der Waals surface area contributed by atoms with Crippen LogP contribution in [0.15, 0.2) is 23.1 Å². The molecule has 2 aliphatic rings. The standard InChI is InChI=1S/C12H14F2N2O2S/c13-10-1-2-12(11(14)3-10)19(17,18)16-6-8-4-15-5-9(8)7-16/h1-3,8-9,15H,4-7H2. The van der Waals surface area contributed by atoms with Crippen LogP contribution in [0.3, 0.4) is 0 Å². The lowest BCUT2D eigenvalue weighted by Crippen LogP contribution is -2.32. The molecule has 1 aromatic carbocycles. The SMILES string of the molecule is O=S(=O)(c1ccc(F)cc1F)N1CC2CNCC2C1. The Morgan fingerprint density at radius 2 is 1.79 bits per heavy atom. The first kappa shape index (κ1) is 13.0. The molecule has 19 heavy (non-hydrogen) atoms. The molecule has 0 bridgehead atoms. The molecule has 2 unspecified atom stereocenters. The molecule has 2 fully saturated rings. The summed E-state index contributed by atoms with van der Waals surface area (Å²) in [5.74, 6) is -1.23. The van der Waals surface area contributed by atoms with Crippen molar-refractivity contribution in [2.75, 3.05) is 26.2 Å². The summed E-state index contributed by atoms with van der Waals surface area (Å²) in [4.78, 5) is -0.443. The van der Waals surface area contributed by atoms with Gasteiger partial charge >= 0.3 is 0 Å². The van der Waals surface area contributed by atoms with E-state index in [0.717, 1.165) is 25.2 Å². The highest BCUT2D eigenvalue weighted by atomic mass is 32.2. The molecule has 0 spiro atoms. The molecule has 2 atom stereocenters. The van der Waals surface area contributed by atoms with Crippen LogP contribution in [0.4, 0.5) is 8.78 Å². The van der Waals surface area contributed by atoms with Crippen LogP contribution in [-0.4, -0.2) is 38.9 Å². The molecule has 1 aromatic rings. The van der Waals surface area contributed by atoms with Gasteiger partial charge in [0.25, 0.3) is 0 Å². The fourth-order valence-corrected chi connectivity index (χ4v) is 4.43. The Balaban J connectivity index is 1.91. The fourth-order valence-electron chi connectivity index (χ4n) is 2.83. The minimum absolute atomic E-state index is 0.290. The molecule has 0 aromatic heterocycles. The third-order valence-electron chi connectivity index (χ3n) is 3.87. The number of hydrogen-bond acceptors (Lipinski definition) is 3. The third-order valence-corrected chi connectivity index (χ3v) is 5.73. The van der Waals surface area contributed by atoms with Gasteiger partial charge in [0.15, 0.2) is 0 Å². The molecule has 0 radical (unpaired) electrons. The summed E-state index contributed by atoms with van der Waals surface area (Å²) in [6.45, 7) is 2.39. The second kappa shape index (κ2) is 4.50. The molecule has 4 nitrogen and oxygen atoms in total. The summed E-state index contributed by atoms with van der Waals surface area (Å²) in [6.07, 6.45) is 0. The van der Waals surface area contributed by atoms with E-state index in [1.807, 2.05) is 0 Å². The maximum absolute atomic E-state index is 13.6. The van der Waals surface area contributed by atoms with Crippen LogP contribution in [0.5, 0.6) is 0 Å². The summed E-state index contributed by atoms with van der Waals surface area (Å²) in [6, 6.07) is 2.56. The Hall–Kier alpha value is -1.05. The number of fused-ring (bicyclic) bond motifs is 1. The normalized spacial score (nSPS) is 27.7. The average molecular weight is 288 g/mol. The van der Waals surface area contributed by atoms with Gasteiger partial charge < -0.3 is 5.32 Å². The number of benzene rings is 1. The van der Waals surface area contributed by atoms with E-state index >= 15 is 0 Å². The Labute approximate surface area is 110 Å². The first-order valence-electron chi connectivity index (χ1n) is 6.14. The second-order valence-corrected chi connectivity index (χ2v) is 6.98. The lowest BCUT2D eigenvalue weighted by atomic mass is 10.0. The predicted molar refractivity (Wildman–Crippen MR) is 65.0 cm³/mol. The van der Waals surface area contributed by atoms with Gasteiger partial charge in [-0.2, -0.15) is 4.31 Å². The maximum atomic E-state index is 13.6. The molecule has 104 valence electrons. The number of sulfonamides is 1. The van der Waals surface area contributed by atoms with Crippen molar-refractivity contribution in [3.63, 3.8) is 0 Å². The minimum atomic E-state index is -3.86. The van der Waals surface area contributed by atoms with Crippen LogP contribution in [0.25, 0.3) is 0 Å². The zero-order valence-corrected chi connectivity index (χ0v) is 11.0. The van der Waals surface area contributed by atoms with E-state index in [2.05, 4.69) is 5.32 Å². The van der Waals surface area contributed by atoms with E-state index < -0.39 is 26.6 Å².